The van der Waals surface area contributed by atoms with Crippen LogP contribution in [0, 0.1) is 24.7 Å². The molecule has 1 aromatic carbocycles. The number of hydrogen-bond acceptors (Lipinski definition) is 2. The van der Waals surface area contributed by atoms with Crippen LogP contribution in [-0.4, -0.2) is 23.9 Å². The molecule has 1 aromatic rings. The van der Waals surface area contributed by atoms with Gasteiger partial charge in [0.25, 0.3) is 0 Å². The summed E-state index contributed by atoms with van der Waals surface area (Å²) in [5, 5.41) is 0. The Morgan fingerprint density at radius 2 is 2.29 bits per heavy atom. The summed E-state index contributed by atoms with van der Waals surface area (Å²) in [5.74, 6) is 1.56. The Bertz CT molecular complexity index is 457. The van der Waals surface area contributed by atoms with Gasteiger partial charge in [-0.3, -0.25) is 4.79 Å². The lowest BCUT2D eigenvalue weighted by Crippen LogP contribution is -2.30. The third-order valence-electron chi connectivity index (χ3n) is 4.09. The van der Waals surface area contributed by atoms with Crippen LogP contribution in [0.2, 0.25) is 0 Å². The number of benzene rings is 1. The molecule has 3 atom stereocenters. The maximum Gasteiger partial charge on any atom is 0.226 e. The van der Waals surface area contributed by atoms with E-state index in [4.69, 9.17) is 5.73 Å². The van der Waals surface area contributed by atoms with Gasteiger partial charge in [-0.05, 0) is 30.9 Å². The van der Waals surface area contributed by atoms with Crippen molar-refractivity contribution in [3.63, 3.8) is 0 Å². The van der Waals surface area contributed by atoms with Crippen LogP contribution in [0.15, 0.2) is 24.3 Å². The Labute approximate surface area is 102 Å². The van der Waals surface area contributed by atoms with E-state index in [-0.39, 0.29) is 5.92 Å². The molecule has 0 bridgehead atoms. The molecular weight excluding hydrogens is 212 g/mol. The molecule has 0 spiro atoms. The van der Waals surface area contributed by atoms with E-state index in [1.807, 2.05) is 4.90 Å². The zero-order valence-electron chi connectivity index (χ0n) is 10.1. The van der Waals surface area contributed by atoms with Crippen molar-refractivity contribution in [1.29, 1.82) is 0 Å². The smallest absolute Gasteiger partial charge is 0.226 e. The van der Waals surface area contributed by atoms with Gasteiger partial charge in [0.2, 0.25) is 5.91 Å². The highest BCUT2D eigenvalue weighted by Gasteiger charge is 2.60. The number of rotatable bonds is 3. The van der Waals surface area contributed by atoms with Crippen molar-refractivity contribution in [2.75, 3.05) is 13.1 Å². The Balaban J connectivity index is 1.67. The number of nitrogens with two attached hydrogens (primary N) is 1. The zero-order valence-corrected chi connectivity index (χ0v) is 10.1. The van der Waals surface area contributed by atoms with Gasteiger partial charge >= 0.3 is 0 Å². The van der Waals surface area contributed by atoms with Crippen molar-refractivity contribution in [1.82, 2.24) is 4.90 Å². The van der Waals surface area contributed by atoms with Crippen LogP contribution in [0.3, 0.4) is 0 Å². The number of amides is 1. The quantitative estimate of drug-likeness (QED) is 0.847. The molecule has 1 saturated heterocycles. The van der Waals surface area contributed by atoms with Crippen LogP contribution < -0.4 is 5.73 Å². The van der Waals surface area contributed by atoms with Crippen molar-refractivity contribution >= 4 is 5.91 Å². The molecule has 1 amide bonds. The molecule has 3 unspecified atom stereocenters. The first-order chi connectivity index (χ1) is 8.20. The summed E-state index contributed by atoms with van der Waals surface area (Å²) in [4.78, 5) is 14.1. The van der Waals surface area contributed by atoms with Crippen LogP contribution in [0.5, 0.6) is 0 Å². The van der Waals surface area contributed by atoms with Gasteiger partial charge in [-0.2, -0.15) is 0 Å². The molecule has 3 nitrogen and oxygen atoms in total. The lowest BCUT2D eigenvalue weighted by molar-refractivity contribution is -0.131. The molecule has 0 aromatic heterocycles. The first-order valence-corrected chi connectivity index (χ1v) is 6.25. The molecule has 90 valence electrons. The van der Waals surface area contributed by atoms with E-state index in [1.54, 1.807) is 0 Å². The Hall–Kier alpha value is -1.35. The second-order valence-electron chi connectivity index (χ2n) is 5.30. The number of hydrogen-bond donors (Lipinski definition) is 1. The molecule has 1 aliphatic carbocycles. The highest BCUT2D eigenvalue weighted by Crippen LogP contribution is 2.52. The fraction of sp³-hybridized carbons (Fsp3) is 0.500. The monoisotopic (exact) mass is 230 g/mol. The summed E-state index contributed by atoms with van der Waals surface area (Å²) in [6.07, 6.45) is 0. The van der Waals surface area contributed by atoms with Crippen LogP contribution in [-0.2, 0) is 11.3 Å². The van der Waals surface area contributed by atoms with E-state index >= 15 is 0 Å². The number of aryl methyl sites for hydroxylation is 1. The van der Waals surface area contributed by atoms with Crippen molar-refractivity contribution in [2.45, 2.75) is 13.5 Å². The van der Waals surface area contributed by atoms with Crippen molar-refractivity contribution < 1.29 is 4.79 Å². The first-order valence-electron chi connectivity index (χ1n) is 6.25. The van der Waals surface area contributed by atoms with Gasteiger partial charge in [0.1, 0.15) is 0 Å². The lowest BCUT2D eigenvalue weighted by Gasteiger charge is -2.20. The summed E-state index contributed by atoms with van der Waals surface area (Å²) >= 11 is 0. The largest absolute Gasteiger partial charge is 0.338 e. The number of likely N-dealkylation sites (tertiary alicyclic amines) is 1. The number of piperidine rings is 1. The zero-order chi connectivity index (χ0) is 12.0. The van der Waals surface area contributed by atoms with Gasteiger partial charge in [-0.15, -0.1) is 0 Å². The van der Waals surface area contributed by atoms with Gasteiger partial charge in [0, 0.05) is 19.0 Å². The first kappa shape index (κ1) is 10.8. The molecule has 1 aliphatic heterocycles. The highest BCUT2D eigenvalue weighted by atomic mass is 16.2. The number of carbonyl (C=O) groups excluding carboxylic acids is 1. The van der Waals surface area contributed by atoms with Crippen molar-refractivity contribution in [3.8, 4) is 0 Å². The SMILES string of the molecule is Cc1cccc(CN2CC3C(CN)C3C2=O)c1. The second kappa shape index (κ2) is 3.84. The number of nitrogens with zero attached hydrogens (tertiary/aromatic N) is 1. The van der Waals surface area contributed by atoms with E-state index in [9.17, 15) is 4.79 Å². The minimum atomic E-state index is 0.241. The van der Waals surface area contributed by atoms with Crippen molar-refractivity contribution in [3.05, 3.63) is 35.4 Å². The third kappa shape index (κ3) is 1.75. The summed E-state index contributed by atoms with van der Waals surface area (Å²) in [6, 6.07) is 8.37. The van der Waals surface area contributed by atoms with E-state index in [0.717, 1.165) is 13.1 Å². The van der Waals surface area contributed by atoms with Crippen LogP contribution in [0.25, 0.3) is 0 Å². The summed E-state index contributed by atoms with van der Waals surface area (Å²) < 4.78 is 0. The summed E-state index contributed by atoms with van der Waals surface area (Å²) in [6.45, 7) is 4.40. The molecule has 1 heterocycles. The maximum atomic E-state index is 12.1. The Morgan fingerprint density at radius 3 is 2.88 bits per heavy atom. The van der Waals surface area contributed by atoms with Crippen LogP contribution in [0.4, 0.5) is 0 Å². The highest BCUT2D eigenvalue weighted by molar-refractivity contribution is 5.85. The normalized spacial score (nSPS) is 30.6. The molecule has 17 heavy (non-hydrogen) atoms. The molecular formula is C14H18N2O. The van der Waals surface area contributed by atoms with E-state index in [0.29, 0.717) is 24.3 Å². The predicted molar refractivity (Wildman–Crippen MR) is 66.1 cm³/mol. The summed E-state index contributed by atoms with van der Waals surface area (Å²) in [7, 11) is 0. The summed E-state index contributed by atoms with van der Waals surface area (Å²) in [5.41, 5.74) is 8.11. The van der Waals surface area contributed by atoms with Crippen LogP contribution in [0.1, 0.15) is 11.1 Å². The maximum absolute atomic E-state index is 12.1. The minimum absolute atomic E-state index is 0.241. The van der Waals surface area contributed by atoms with Gasteiger partial charge in [-0.1, -0.05) is 29.8 Å². The van der Waals surface area contributed by atoms with E-state index in [2.05, 4.69) is 31.2 Å². The predicted octanol–water partition coefficient (Wildman–Crippen LogP) is 1.16. The van der Waals surface area contributed by atoms with Crippen molar-refractivity contribution in [2.24, 2.45) is 23.5 Å². The fourth-order valence-corrected chi connectivity index (χ4v) is 3.11. The molecule has 2 N–H and O–H groups in total. The van der Waals surface area contributed by atoms with Gasteiger partial charge in [0.15, 0.2) is 0 Å². The van der Waals surface area contributed by atoms with E-state index in [1.165, 1.54) is 11.1 Å². The Morgan fingerprint density at radius 1 is 1.47 bits per heavy atom. The fourth-order valence-electron chi connectivity index (χ4n) is 3.11. The lowest BCUT2D eigenvalue weighted by atomic mass is 10.1. The van der Waals surface area contributed by atoms with Gasteiger partial charge in [-0.25, -0.2) is 0 Å². The molecule has 3 rings (SSSR count). The number of fused-ring (bicyclic) bond motifs is 1. The minimum Gasteiger partial charge on any atom is -0.338 e. The van der Waals surface area contributed by atoms with Gasteiger partial charge in [0.05, 0.1) is 0 Å². The topological polar surface area (TPSA) is 46.3 Å². The standard InChI is InChI=1S/C14H18N2O/c1-9-3-2-4-10(5-9)7-16-8-12-11(6-15)13(12)14(16)17/h2-5,11-13H,6-8,15H2,1H3. The number of carbonyl (C=O) groups is 1. The molecule has 2 aliphatic rings. The molecule has 2 fully saturated rings. The molecule has 1 saturated carbocycles. The molecule has 3 heteroatoms. The van der Waals surface area contributed by atoms with E-state index < -0.39 is 0 Å². The van der Waals surface area contributed by atoms with Gasteiger partial charge < -0.3 is 10.6 Å². The molecule has 0 radical (unpaired) electrons. The van der Waals surface area contributed by atoms with Crippen LogP contribution >= 0.6 is 0 Å². The second-order valence-corrected chi connectivity index (χ2v) is 5.30. The average Bonchev–Trinajstić information content (AvgIpc) is 2.91. The Kier molecular flexibility index (Phi) is 2.44. The third-order valence-corrected chi connectivity index (χ3v) is 4.09. The average molecular weight is 230 g/mol.